The van der Waals surface area contributed by atoms with E-state index >= 15 is 0 Å². The molecule has 0 aliphatic rings. The van der Waals surface area contributed by atoms with Crippen molar-refractivity contribution >= 4 is 0 Å². The largest absolute Gasteiger partial charge is 0.388 e. The van der Waals surface area contributed by atoms with Gasteiger partial charge in [-0.2, -0.15) is 0 Å². The summed E-state index contributed by atoms with van der Waals surface area (Å²) in [6, 6.07) is 6.00. The van der Waals surface area contributed by atoms with Crippen LogP contribution in [0.25, 0.3) is 0 Å². The molecule has 0 fully saturated rings. The van der Waals surface area contributed by atoms with Crippen molar-refractivity contribution in [1.82, 2.24) is 4.90 Å². The standard InChI is InChI=1S/C14H22FNO2/c1-3-18-11-10-16(2)9-8-14(17)12-4-6-13(15)7-5-12/h4-7,14,17H,3,8-11H2,1-2H3. The summed E-state index contributed by atoms with van der Waals surface area (Å²) in [6.07, 6.45) is 0.0917. The molecule has 0 saturated carbocycles. The fourth-order valence-corrected chi connectivity index (χ4v) is 1.67. The maximum absolute atomic E-state index is 12.7. The monoisotopic (exact) mass is 255 g/mol. The van der Waals surface area contributed by atoms with Crippen LogP contribution in [-0.4, -0.2) is 43.4 Å². The molecule has 1 N–H and O–H groups in total. The summed E-state index contributed by atoms with van der Waals surface area (Å²) in [5.41, 5.74) is 0.759. The Morgan fingerprint density at radius 3 is 2.56 bits per heavy atom. The Kier molecular flexibility index (Phi) is 6.86. The molecule has 0 saturated heterocycles. The fraction of sp³-hybridized carbons (Fsp3) is 0.571. The number of ether oxygens (including phenoxy) is 1. The van der Waals surface area contributed by atoms with Crippen LogP contribution in [0.1, 0.15) is 25.0 Å². The van der Waals surface area contributed by atoms with Gasteiger partial charge in [0.15, 0.2) is 0 Å². The minimum absolute atomic E-state index is 0.278. The van der Waals surface area contributed by atoms with Gasteiger partial charge in [0.05, 0.1) is 12.7 Å². The molecular weight excluding hydrogens is 233 g/mol. The lowest BCUT2D eigenvalue weighted by Crippen LogP contribution is -2.25. The molecule has 0 aliphatic heterocycles. The van der Waals surface area contributed by atoms with Crippen LogP contribution in [0.5, 0.6) is 0 Å². The lowest BCUT2D eigenvalue weighted by atomic mass is 10.1. The van der Waals surface area contributed by atoms with Gasteiger partial charge in [0.1, 0.15) is 5.82 Å². The smallest absolute Gasteiger partial charge is 0.123 e. The number of rotatable bonds is 8. The van der Waals surface area contributed by atoms with E-state index in [-0.39, 0.29) is 5.82 Å². The van der Waals surface area contributed by atoms with Gasteiger partial charge in [-0.05, 0) is 38.1 Å². The average Bonchev–Trinajstić information content (AvgIpc) is 2.37. The molecule has 0 aliphatic carbocycles. The Balaban J connectivity index is 2.27. The highest BCUT2D eigenvalue weighted by Gasteiger charge is 2.08. The minimum Gasteiger partial charge on any atom is -0.388 e. The molecule has 0 radical (unpaired) electrons. The quantitative estimate of drug-likeness (QED) is 0.723. The van der Waals surface area contributed by atoms with Gasteiger partial charge in [0.2, 0.25) is 0 Å². The van der Waals surface area contributed by atoms with E-state index in [0.717, 1.165) is 25.3 Å². The van der Waals surface area contributed by atoms with Crippen LogP contribution in [0.3, 0.4) is 0 Å². The predicted octanol–water partition coefficient (Wildman–Crippen LogP) is 2.22. The van der Waals surface area contributed by atoms with Crippen molar-refractivity contribution in [3.05, 3.63) is 35.6 Å². The van der Waals surface area contributed by atoms with Crippen molar-refractivity contribution in [3.8, 4) is 0 Å². The Bertz CT molecular complexity index is 329. The number of halogens is 1. The van der Waals surface area contributed by atoms with Crippen molar-refractivity contribution < 1.29 is 14.2 Å². The summed E-state index contributed by atoms with van der Waals surface area (Å²) >= 11 is 0. The SMILES string of the molecule is CCOCCN(C)CCC(O)c1ccc(F)cc1. The second kappa shape index (κ2) is 8.19. The number of nitrogens with zero attached hydrogens (tertiary/aromatic N) is 1. The molecule has 1 aromatic carbocycles. The topological polar surface area (TPSA) is 32.7 Å². The molecule has 0 spiro atoms. The third kappa shape index (κ3) is 5.58. The first kappa shape index (κ1) is 15.1. The minimum atomic E-state index is -0.542. The van der Waals surface area contributed by atoms with E-state index in [2.05, 4.69) is 4.90 Å². The van der Waals surface area contributed by atoms with Crippen molar-refractivity contribution in [1.29, 1.82) is 0 Å². The van der Waals surface area contributed by atoms with Crippen LogP contribution in [0.2, 0.25) is 0 Å². The van der Waals surface area contributed by atoms with Gasteiger partial charge in [-0.3, -0.25) is 0 Å². The molecule has 1 unspecified atom stereocenters. The zero-order valence-electron chi connectivity index (χ0n) is 11.1. The highest BCUT2D eigenvalue weighted by molar-refractivity contribution is 5.18. The summed E-state index contributed by atoms with van der Waals surface area (Å²) in [5.74, 6) is -0.278. The zero-order valence-corrected chi connectivity index (χ0v) is 11.1. The van der Waals surface area contributed by atoms with Crippen molar-refractivity contribution in [3.63, 3.8) is 0 Å². The van der Waals surface area contributed by atoms with Crippen LogP contribution in [0, 0.1) is 5.82 Å². The van der Waals surface area contributed by atoms with Gasteiger partial charge in [-0.15, -0.1) is 0 Å². The Morgan fingerprint density at radius 2 is 1.94 bits per heavy atom. The number of aliphatic hydroxyl groups excluding tert-OH is 1. The van der Waals surface area contributed by atoms with Crippen LogP contribution in [-0.2, 0) is 4.74 Å². The van der Waals surface area contributed by atoms with E-state index in [4.69, 9.17) is 4.74 Å². The van der Waals surface area contributed by atoms with E-state index in [0.29, 0.717) is 13.0 Å². The van der Waals surface area contributed by atoms with Gasteiger partial charge < -0.3 is 14.7 Å². The molecule has 1 aromatic rings. The molecule has 0 bridgehead atoms. The molecule has 4 heteroatoms. The molecule has 18 heavy (non-hydrogen) atoms. The van der Waals surface area contributed by atoms with Gasteiger partial charge in [-0.25, -0.2) is 4.39 Å². The first-order chi connectivity index (χ1) is 8.63. The average molecular weight is 255 g/mol. The molecule has 102 valence electrons. The number of hydrogen-bond donors (Lipinski definition) is 1. The second-order valence-electron chi connectivity index (χ2n) is 4.36. The molecule has 0 heterocycles. The van der Waals surface area contributed by atoms with Gasteiger partial charge in [0, 0.05) is 19.7 Å². The van der Waals surface area contributed by atoms with Crippen LogP contribution >= 0.6 is 0 Å². The highest BCUT2D eigenvalue weighted by Crippen LogP contribution is 2.16. The summed E-state index contributed by atoms with van der Waals surface area (Å²) < 4.78 is 18.0. The maximum Gasteiger partial charge on any atom is 0.123 e. The summed E-state index contributed by atoms with van der Waals surface area (Å²) in [4.78, 5) is 2.11. The van der Waals surface area contributed by atoms with Gasteiger partial charge in [-0.1, -0.05) is 12.1 Å². The molecule has 1 atom stereocenters. The zero-order chi connectivity index (χ0) is 13.4. The summed E-state index contributed by atoms with van der Waals surface area (Å²) in [6.45, 7) is 5.04. The van der Waals surface area contributed by atoms with Crippen LogP contribution < -0.4 is 0 Å². The van der Waals surface area contributed by atoms with E-state index in [1.807, 2.05) is 14.0 Å². The molecule has 0 aromatic heterocycles. The first-order valence-electron chi connectivity index (χ1n) is 6.33. The number of benzene rings is 1. The first-order valence-corrected chi connectivity index (χ1v) is 6.33. The molecule has 0 amide bonds. The molecule has 3 nitrogen and oxygen atoms in total. The summed E-state index contributed by atoms with van der Waals surface area (Å²) in [5, 5.41) is 9.95. The molecular formula is C14H22FNO2. The van der Waals surface area contributed by atoms with Gasteiger partial charge in [0.25, 0.3) is 0 Å². The van der Waals surface area contributed by atoms with E-state index in [1.165, 1.54) is 12.1 Å². The lowest BCUT2D eigenvalue weighted by molar-refractivity contribution is 0.108. The Hall–Kier alpha value is -0.970. The third-order valence-corrected chi connectivity index (χ3v) is 2.86. The maximum atomic E-state index is 12.7. The Labute approximate surface area is 108 Å². The predicted molar refractivity (Wildman–Crippen MR) is 70.0 cm³/mol. The van der Waals surface area contributed by atoms with Crippen molar-refractivity contribution in [2.75, 3.05) is 33.4 Å². The normalized spacial score (nSPS) is 12.9. The number of likely N-dealkylation sites (N-methyl/N-ethyl adjacent to an activating group) is 1. The fourth-order valence-electron chi connectivity index (χ4n) is 1.67. The van der Waals surface area contributed by atoms with E-state index in [9.17, 15) is 9.50 Å². The highest BCUT2D eigenvalue weighted by atomic mass is 19.1. The Morgan fingerprint density at radius 1 is 1.28 bits per heavy atom. The van der Waals surface area contributed by atoms with Crippen LogP contribution in [0.4, 0.5) is 4.39 Å². The summed E-state index contributed by atoms with van der Waals surface area (Å²) in [7, 11) is 2.00. The van der Waals surface area contributed by atoms with E-state index < -0.39 is 6.10 Å². The number of aliphatic hydroxyl groups is 1. The van der Waals surface area contributed by atoms with Crippen LogP contribution in [0.15, 0.2) is 24.3 Å². The number of hydrogen-bond acceptors (Lipinski definition) is 3. The van der Waals surface area contributed by atoms with Crippen molar-refractivity contribution in [2.24, 2.45) is 0 Å². The van der Waals surface area contributed by atoms with Gasteiger partial charge >= 0.3 is 0 Å². The van der Waals surface area contributed by atoms with E-state index in [1.54, 1.807) is 12.1 Å². The third-order valence-electron chi connectivity index (χ3n) is 2.86. The lowest BCUT2D eigenvalue weighted by Gasteiger charge is -2.18. The van der Waals surface area contributed by atoms with Crippen molar-refractivity contribution in [2.45, 2.75) is 19.4 Å². The second-order valence-corrected chi connectivity index (χ2v) is 4.36. The molecule has 1 rings (SSSR count).